The molecule has 3 N–H and O–H groups in total. The van der Waals surface area contributed by atoms with Crippen molar-refractivity contribution in [2.45, 2.75) is 6.42 Å². The molecule has 5 heteroatoms. The van der Waals surface area contributed by atoms with Crippen LogP contribution in [0.2, 0.25) is 0 Å². The first-order valence-corrected chi connectivity index (χ1v) is 4.64. The average molecular weight is 195 g/mol. The van der Waals surface area contributed by atoms with Gasteiger partial charge in [0, 0.05) is 6.54 Å². The first-order valence-electron chi connectivity index (χ1n) is 4.64. The van der Waals surface area contributed by atoms with E-state index in [1.165, 1.54) is 0 Å². The molecule has 14 heavy (non-hydrogen) atoms. The van der Waals surface area contributed by atoms with E-state index in [1.807, 2.05) is 0 Å². The topological polar surface area (TPSA) is 67.1 Å². The number of nitrogens with one attached hydrogen (secondary N) is 1. The van der Waals surface area contributed by atoms with Crippen molar-refractivity contribution >= 4 is 11.6 Å². The first-order chi connectivity index (χ1) is 6.68. The molecule has 1 rings (SSSR count). The van der Waals surface area contributed by atoms with Crippen LogP contribution in [0.1, 0.15) is 6.42 Å². The van der Waals surface area contributed by atoms with Gasteiger partial charge in [-0.1, -0.05) is 0 Å². The number of aromatic nitrogens is 2. The van der Waals surface area contributed by atoms with Crippen molar-refractivity contribution in [3.05, 3.63) is 12.4 Å². The summed E-state index contributed by atoms with van der Waals surface area (Å²) in [4.78, 5) is 10.2. The minimum Gasteiger partial charge on any atom is -0.382 e. The molecule has 0 bridgehead atoms. The number of anilines is 2. The predicted octanol–water partition coefficient (Wildman–Crippen LogP) is 0.422. The Morgan fingerprint density at radius 3 is 2.71 bits per heavy atom. The predicted molar refractivity (Wildman–Crippen MR) is 58.1 cm³/mol. The van der Waals surface area contributed by atoms with E-state index in [-0.39, 0.29) is 0 Å². The molecule has 0 saturated heterocycles. The van der Waals surface area contributed by atoms with Gasteiger partial charge in [0.25, 0.3) is 0 Å². The lowest BCUT2D eigenvalue weighted by Crippen LogP contribution is -2.16. The highest BCUT2D eigenvalue weighted by Crippen LogP contribution is 2.01. The highest BCUT2D eigenvalue weighted by atomic mass is 15.1. The standard InChI is InChI=1S/C9H17N5/c1-14(2)5-3-4-11-9-7-12-8(10)6-13-9/h6-7H,3-5H2,1-2H3,(H2,10,12)(H,11,13). The number of hydrogen-bond acceptors (Lipinski definition) is 5. The lowest BCUT2D eigenvalue weighted by atomic mass is 10.4. The molecule has 78 valence electrons. The first kappa shape index (κ1) is 10.7. The van der Waals surface area contributed by atoms with E-state index in [1.54, 1.807) is 12.4 Å². The van der Waals surface area contributed by atoms with Crippen molar-refractivity contribution in [3.8, 4) is 0 Å². The Bertz CT molecular complexity index is 256. The van der Waals surface area contributed by atoms with Crippen LogP contribution in [-0.4, -0.2) is 42.1 Å². The fraction of sp³-hybridized carbons (Fsp3) is 0.556. The number of hydrogen-bond donors (Lipinski definition) is 2. The molecule has 5 nitrogen and oxygen atoms in total. The zero-order valence-electron chi connectivity index (χ0n) is 8.70. The van der Waals surface area contributed by atoms with Gasteiger partial charge < -0.3 is 16.0 Å². The smallest absolute Gasteiger partial charge is 0.144 e. The number of nitrogens with two attached hydrogens (primary N) is 1. The van der Waals surface area contributed by atoms with Gasteiger partial charge >= 0.3 is 0 Å². The third-order valence-corrected chi connectivity index (χ3v) is 1.76. The van der Waals surface area contributed by atoms with Gasteiger partial charge in [-0.25, -0.2) is 9.97 Å². The maximum absolute atomic E-state index is 5.41. The van der Waals surface area contributed by atoms with Gasteiger partial charge in [0.1, 0.15) is 11.6 Å². The minimum absolute atomic E-state index is 0.448. The van der Waals surface area contributed by atoms with Gasteiger partial charge in [0.05, 0.1) is 12.4 Å². The summed E-state index contributed by atoms with van der Waals surface area (Å²) >= 11 is 0. The summed E-state index contributed by atoms with van der Waals surface area (Å²) < 4.78 is 0. The minimum atomic E-state index is 0.448. The zero-order valence-corrected chi connectivity index (χ0v) is 8.70. The largest absolute Gasteiger partial charge is 0.382 e. The second-order valence-corrected chi connectivity index (χ2v) is 3.41. The van der Waals surface area contributed by atoms with Crippen LogP contribution in [-0.2, 0) is 0 Å². The maximum atomic E-state index is 5.41. The van der Waals surface area contributed by atoms with E-state index in [0.29, 0.717) is 5.82 Å². The molecule has 0 aliphatic carbocycles. The van der Waals surface area contributed by atoms with E-state index < -0.39 is 0 Å². The highest BCUT2D eigenvalue weighted by Gasteiger charge is 1.94. The lowest BCUT2D eigenvalue weighted by Gasteiger charge is -2.09. The summed E-state index contributed by atoms with van der Waals surface area (Å²) in [7, 11) is 4.12. The zero-order chi connectivity index (χ0) is 10.4. The Morgan fingerprint density at radius 2 is 2.14 bits per heavy atom. The fourth-order valence-electron chi connectivity index (χ4n) is 1.04. The normalized spacial score (nSPS) is 10.5. The Morgan fingerprint density at radius 1 is 1.36 bits per heavy atom. The molecule has 0 radical (unpaired) electrons. The molecule has 0 fully saturated rings. The van der Waals surface area contributed by atoms with Gasteiger partial charge in [0.2, 0.25) is 0 Å². The van der Waals surface area contributed by atoms with Crippen LogP contribution in [0.4, 0.5) is 11.6 Å². The van der Waals surface area contributed by atoms with Crippen molar-refractivity contribution in [1.82, 2.24) is 14.9 Å². The molecular weight excluding hydrogens is 178 g/mol. The Kier molecular flexibility index (Phi) is 4.12. The molecule has 0 atom stereocenters. The maximum Gasteiger partial charge on any atom is 0.144 e. The molecule has 0 aliphatic heterocycles. The van der Waals surface area contributed by atoms with Crippen LogP contribution in [0.5, 0.6) is 0 Å². The monoisotopic (exact) mass is 195 g/mol. The lowest BCUT2D eigenvalue weighted by molar-refractivity contribution is 0.405. The summed E-state index contributed by atoms with van der Waals surface area (Å²) in [5, 5.41) is 3.17. The third-order valence-electron chi connectivity index (χ3n) is 1.76. The van der Waals surface area contributed by atoms with Crippen LogP contribution in [0.25, 0.3) is 0 Å². The summed E-state index contributed by atoms with van der Waals surface area (Å²) in [5.41, 5.74) is 5.41. The number of nitrogen functional groups attached to an aromatic ring is 1. The van der Waals surface area contributed by atoms with E-state index in [0.717, 1.165) is 25.3 Å². The van der Waals surface area contributed by atoms with E-state index in [9.17, 15) is 0 Å². The molecule has 1 aromatic heterocycles. The summed E-state index contributed by atoms with van der Waals surface area (Å²) in [6.07, 6.45) is 4.28. The molecule has 0 aromatic carbocycles. The Balaban J connectivity index is 2.21. The van der Waals surface area contributed by atoms with Crippen LogP contribution in [0, 0.1) is 0 Å². The van der Waals surface area contributed by atoms with Gasteiger partial charge in [0.15, 0.2) is 0 Å². The Hall–Kier alpha value is -1.36. The Labute approximate surface area is 84.3 Å². The summed E-state index contributed by atoms with van der Waals surface area (Å²) in [6, 6.07) is 0. The quantitative estimate of drug-likeness (QED) is 0.667. The molecule has 0 amide bonds. The van der Waals surface area contributed by atoms with Gasteiger partial charge in [-0.3, -0.25) is 0 Å². The van der Waals surface area contributed by atoms with Crippen LogP contribution in [0.3, 0.4) is 0 Å². The molecule has 1 heterocycles. The van der Waals surface area contributed by atoms with E-state index >= 15 is 0 Å². The van der Waals surface area contributed by atoms with Crippen LogP contribution in [0.15, 0.2) is 12.4 Å². The van der Waals surface area contributed by atoms with Crippen molar-refractivity contribution in [1.29, 1.82) is 0 Å². The molecule has 0 unspecified atom stereocenters. The molecule has 0 spiro atoms. The van der Waals surface area contributed by atoms with Crippen molar-refractivity contribution < 1.29 is 0 Å². The van der Waals surface area contributed by atoms with Gasteiger partial charge in [-0.2, -0.15) is 0 Å². The van der Waals surface area contributed by atoms with E-state index in [4.69, 9.17) is 5.73 Å². The second kappa shape index (κ2) is 5.39. The SMILES string of the molecule is CN(C)CCCNc1cnc(N)cn1. The molecule has 1 aromatic rings. The molecule has 0 aliphatic rings. The van der Waals surface area contributed by atoms with Crippen LogP contribution >= 0.6 is 0 Å². The molecule has 0 saturated carbocycles. The number of rotatable bonds is 5. The van der Waals surface area contributed by atoms with Gasteiger partial charge in [-0.15, -0.1) is 0 Å². The van der Waals surface area contributed by atoms with Crippen molar-refractivity contribution in [3.63, 3.8) is 0 Å². The van der Waals surface area contributed by atoms with Crippen molar-refractivity contribution in [2.75, 3.05) is 38.2 Å². The number of nitrogens with zero attached hydrogens (tertiary/aromatic N) is 3. The van der Waals surface area contributed by atoms with Crippen molar-refractivity contribution in [2.24, 2.45) is 0 Å². The summed E-state index contributed by atoms with van der Waals surface area (Å²) in [5.74, 6) is 1.22. The summed E-state index contributed by atoms with van der Waals surface area (Å²) in [6.45, 7) is 1.96. The third kappa shape index (κ3) is 4.04. The fourth-order valence-corrected chi connectivity index (χ4v) is 1.04. The van der Waals surface area contributed by atoms with E-state index in [2.05, 4.69) is 34.3 Å². The molecular formula is C9H17N5. The van der Waals surface area contributed by atoms with Gasteiger partial charge in [-0.05, 0) is 27.1 Å². The highest BCUT2D eigenvalue weighted by molar-refractivity contribution is 5.35. The van der Waals surface area contributed by atoms with Crippen LogP contribution < -0.4 is 11.1 Å². The average Bonchev–Trinajstić information content (AvgIpc) is 2.15. The second-order valence-electron chi connectivity index (χ2n) is 3.41.